The molecule has 5 aliphatic rings. The van der Waals surface area contributed by atoms with Crippen LogP contribution in [0.5, 0.6) is 0 Å². The van der Waals surface area contributed by atoms with E-state index in [1.807, 2.05) is 0 Å². The molecule has 1 atom stereocenters. The molecule has 2 aliphatic heterocycles. The Morgan fingerprint density at radius 2 is 1.37 bits per heavy atom. The predicted molar refractivity (Wildman–Crippen MR) is 190 cm³/mol. The Kier molecular flexibility index (Phi) is 6.89. The van der Waals surface area contributed by atoms with Crippen LogP contribution in [0.3, 0.4) is 0 Å². The van der Waals surface area contributed by atoms with E-state index < -0.39 is 7.55 Å². The Morgan fingerprint density at radius 3 is 2.21 bits per heavy atom. The fraction of sp³-hybridized carbons (Fsp3) is 0.167. The lowest BCUT2D eigenvalue weighted by molar-refractivity contribution is 0.858. The van der Waals surface area contributed by atoms with Crippen LogP contribution >= 0.6 is 7.55 Å². The van der Waals surface area contributed by atoms with Crippen LogP contribution in [0.1, 0.15) is 55.2 Å². The fourth-order valence-corrected chi connectivity index (χ4v) is 10.0. The second-order valence-electron chi connectivity index (χ2n) is 12.3. The maximum atomic E-state index is 2.47. The van der Waals surface area contributed by atoms with Crippen LogP contribution in [0.15, 0.2) is 150 Å². The fourth-order valence-electron chi connectivity index (χ4n) is 7.52. The topological polar surface area (TPSA) is 0 Å². The lowest BCUT2D eigenvalue weighted by atomic mass is 9.81. The molecule has 2 heterocycles. The van der Waals surface area contributed by atoms with E-state index in [0.29, 0.717) is 0 Å². The summed E-state index contributed by atoms with van der Waals surface area (Å²) in [5, 5.41) is 3.01. The average Bonchev–Trinajstić information content (AvgIpc) is 3.06. The van der Waals surface area contributed by atoms with Crippen molar-refractivity contribution in [1.29, 1.82) is 0 Å². The van der Waals surface area contributed by atoms with Crippen molar-refractivity contribution in [1.82, 2.24) is 0 Å². The van der Waals surface area contributed by atoms with Gasteiger partial charge in [0, 0.05) is 0 Å². The summed E-state index contributed by atoms with van der Waals surface area (Å²) in [6.07, 6.45) is 30.2. The van der Waals surface area contributed by atoms with Crippen molar-refractivity contribution in [2.75, 3.05) is 0 Å². The van der Waals surface area contributed by atoms with Crippen molar-refractivity contribution < 1.29 is 0 Å². The first-order valence-corrected chi connectivity index (χ1v) is 17.4. The maximum Gasteiger partial charge on any atom is -0.00855 e. The second kappa shape index (κ2) is 11.2. The summed E-state index contributed by atoms with van der Waals surface area (Å²) in [5.41, 5.74) is 16.9. The highest BCUT2D eigenvalue weighted by atomic mass is 31.1. The van der Waals surface area contributed by atoms with Crippen LogP contribution < -0.4 is 5.30 Å². The molecule has 3 aromatic rings. The van der Waals surface area contributed by atoms with Gasteiger partial charge in [-0.05, 0) is 135 Å². The highest BCUT2D eigenvalue weighted by Gasteiger charge is 2.23. The molecule has 43 heavy (non-hydrogen) atoms. The van der Waals surface area contributed by atoms with Crippen molar-refractivity contribution in [2.45, 2.75) is 45.4 Å². The molecule has 8 rings (SSSR count). The van der Waals surface area contributed by atoms with Crippen LogP contribution in [-0.2, 0) is 0 Å². The lowest BCUT2D eigenvalue weighted by Gasteiger charge is -2.26. The number of allylic oxidation sites excluding steroid dienone is 15. The molecule has 0 saturated heterocycles. The summed E-state index contributed by atoms with van der Waals surface area (Å²) in [6, 6.07) is 23.3. The summed E-state index contributed by atoms with van der Waals surface area (Å²) in [7, 11) is -0.908. The molecule has 3 aromatic carbocycles. The normalized spacial score (nSPS) is 22.2. The van der Waals surface area contributed by atoms with E-state index in [0.717, 1.165) is 19.3 Å². The first-order valence-electron chi connectivity index (χ1n) is 15.8. The smallest absolute Gasteiger partial charge is 0.00855 e. The van der Waals surface area contributed by atoms with E-state index in [1.165, 1.54) is 85.5 Å². The highest BCUT2D eigenvalue weighted by molar-refractivity contribution is 7.70. The van der Waals surface area contributed by atoms with E-state index in [2.05, 4.69) is 134 Å². The molecular formula is C42H37P. The quantitative estimate of drug-likeness (QED) is 0.268. The van der Waals surface area contributed by atoms with Crippen LogP contribution in [0, 0.1) is 6.92 Å². The molecule has 0 aromatic heterocycles. The van der Waals surface area contributed by atoms with E-state index in [4.69, 9.17) is 0 Å². The van der Waals surface area contributed by atoms with Gasteiger partial charge in [0.2, 0.25) is 0 Å². The Morgan fingerprint density at radius 1 is 0.605 bits per heavy atom. The van der Waals surface area contributed by atoms with Crippen molar-refractivity contribution in [3.8, 4) is 22.3 Å². The third-order valence-corrected chi connectivity index (χ3v) is 12.1. The van der Waals surface area contributed by atoms with Gasteiger partial charge in [-0.3, -0.25) is 0 Å². The number of rotatable bonds is 2. The van der Waals surface area contributed by atoms with Gasteiger partial charge in [0.15, 0.2) is 0 Å². The summed E-state index contributed by atoms with van der Waals surface area (Å²) in [4.78, 5) is 0. The zero-order valence-electron chi connectivity index (χ0n) is 24.9. The SMILES string of the molecule is Cc1cc(C2=C/CC3=C(CCC=C3)C3=C(C=CCC3)C/C=C\2)cc(-c2ccc3c(c2)-c2ccccc2C2=[PH]3C=CC=C2)c1. The first-order chi connectivity index (χ1) is 21.2. The van der Waals surface area contributed by atoms with Gasteiger partial charge < -0.3 is 0 Å². The van der Waals surface area contributed by atoms with Crippen LogP contribution in [0.25, 0.3) is 27.8 Å². The third kappa shape index (κ3) is 4.89. The number of hydrogen-bond donors (Lipinski definition) is 0. The van der Waals surface area contributed by atoms with Crippen molar-refractivity contribution in [2.24, 2.45) is 0 Å². The lowest BCUT2D eigenvalue weighted by Crippen LogP contribution is -2.15. The monoisotopic (exact) mass is 572 g/mol. The molecule has 0 bridgehead atoms. The van der Waals surface area contributed by atoms with Crippen molar-refractivity contribution >= 4 is 23.7 Å². The standard InChI is InChI=1S/C42H37P/c1-29-25-34(30-13-10-14-31-11-2-4-15-36(31)37-16-5-3-12-32(37)21-20-30)27-35(26-29)33-22-23-42-40(28-33)38-17-6-7-18-39(38)41-19-8-9-24-43(41)42/h2-3,6-13,17-20,22-28,43H,4-5,14-16,21H2,1H3/b13-10-,30-20+. The molecule has 0 N–H and O–H groups in total. The Hall–Kier alpha value is -4.12. The molecule has 1 heteroatoms. The molecule has 0 saturated carbocycles. The summed E-state index contributed by atoms with van der Waals surface area (Å²) in [5.74, 6) is 2.45. The first kappa shape index (κ1) is 26.5. The zero-order chi connectivity index (χ0) is 28.8. The summed E-state index contributed by atoms with van der Waals surface area (Å²) < 4.78 is 0. The minimum absolute atomic E-state index is 0.908. The van der Waals surface area contributed by atoms with Gasteiger partial charge in [-0.2, -0.15) is 0 Å². The minimum atomic E-state index is -0.908. The molecule has 0 amide bonds. The number of benzene rings is 3. The van der Waals surface area contributed by atoms with Crippen LogP contribution in [-0.4, -0.2) is 5.29 Å². The van der Waals surface area contributed by atoms with Gasteiger partial charge in [0.05, 0.1) is 0 Å². The third-order valence-electron chi connectivity index (χ3n) is 9.56. The molecule has 0 nitrogen and oxygen atoms in total. The Balaban J connectivity index is 1.20. The van der Waals surface area contributed by atoms with E-state index >= 15 is 0 Å². The Bertz CT molecular complexity index is 1960. The van der Waals surface area contributed by atoms with Gasteiger partial charge >= 0.3 is 0 Å². The Labute approximate surface area is 257 Å². The molecule has 0 radical (unpaired) electrons. The van der Waals surface area contributed by atoms with E-state index in [9.17, 15) is 0 Å². The average molecular weight is 573 g/mol. The van der Waals surface area contributed by atoms with E-state index in [1.54, 1.807) is 11.1 Å². The summed E-state index contributed by atoms with van der Waals surface area (Å²) >= 11 is 0. The molecule has 210 valence electrons. The molecular weight excluding hydrogens is 535 g/mol. The predicted octanol–water partition coefficient (Wildman–Crippen LogP) is 10.8. The van der Waals surface area contributed by atoms with Gasteiger partial charge in [-0.1, -0.05) is 123 Å². The highest BCUT2D eigenvalue weighted by Crippen LogP contribution is 2.44. The zero-order valence-corrected chi connectivity index (χ0v) is 25.9. The van der Waals surface area contributed by atoms with Gasteiger partial charge in [0.25, 0.3) is 0 Å². The maximum absolute atomic E-state index is 2.47. The van der Waals surface area contributed by atoms with E-state index in [-0.39, 0.29) is 0 Å². The van der Waals surface area contributed by atoms with Crippen LogP contribution in [0.4, 0.5) is 0 Å². The number of aryl methyl sites for hydroxylation is 1. The molecule has 1 unspecified atom stereocenters. The van der Waals surface area contributed by atoms with Gasteiger partial charge in [-0.15, -0.1) is 0 Å². The molecule has 0 fully saturated rings. The molecule has 3 aliphatic carbocycles. The van der Waals surface area contributed by atoms with Crippen molar-refractivity contribution in [3.05, 3.63) is 166 Å². The van der Waals surface area contributed by atoms with Gasteiger partial charge in [0.1, 0.15) is 0 Å². The second-order valence-corrected chi connectivity index (χ2v) is 14.5. The molecule has 0 spiro atoms. The minimum Gasteiger partial charge on any atom is -0.0839 e. The summed E-state index contributed by atoms with van der Waals surface area (Å²) in [6.45, 7) is 2.24. The largest absolute Gasteiger partial charge is 0.0839 e. The van der Waals surface area contributed by atoms with Crippen LogP contribution in [0.2, 0.25) is 0 Å². The van der Waals surface area contributed by atoms with Crippen molar-refractivity contribution in [3.63, 3.8) is 0 Å². The van der Waals surface area contributed by atoms with Gasteiger partial charge in [-0.25, -0.2) is 0 Å². The number of hydrogen-bond acceptors (Lipinski definition) is 0. The number of fused-ring (bicyclic) bond motifs is 6.